The number of aromatic nitrogens is 1. The lowest BCUT2D eigenvalue weighted by molar-refractivity contribution is -0.129. The highest BCUT2D eigenvalue weighted by Gasteiger charge is 2.41. The van der Waals surface area contributed by atoms with Gasteiger partial charge in [-0.05, 0) is 31.0 Å². The average molecular weight is 245 g/mol. The van der Waals surface area contributed by atoms with Crippen molar-refractivity contribution in [2.75, 3.05) is 26.2 Å². The first-order valence-corrected chi connectivity index (χ1v) is 6.65. The van der Waals surface area contributed by atoms with E-state index in [0.717, 1.165) is 38.2 Å². The van der Waals surface area contributed by atoms with Crippen LogP contribution in [0.4, 0.5) is 0 Å². The van der Waals surface area contributed by atoms with Crippen molar-refractivity contribution in [2.45, 2.75) is 19.3 Å². The van der Waals surface area contributed by atoms with Crippen LogP contribution in [0.3, 0.4) is 0 Å². The molecule has 1 atom stereocenters. The number of nitrogens with one attached hydrogen (secondary N) is 1. The summed E-state index contributed by atoms with van der Waals surface area (Å²) in [5, 5.41) is 3.42. The highest BCUT2D eigenvalue weighted by molar-refractivity contribution is 5.79. The monoisotopic (exact) mass is 245 g/mol. The molecule has 1 unspecified atom stereocenters. The maximum atomic E-state index is 12.2. The molecular weight excluding hydrogens is 226 g/mol. The smallest absolute Gasteiger partial charge is 0.227 e. The van der Waals surface area contributed by atoms with Gasteiger partial charge in [0.1, 0.15) is 0 Å². The summed E-state index contributed by atoms with van der Waals surface area (Å²) in [5.41, 5.74) is 1.37. The van der Waals surface area contributed by atoms with E-state index in [1.54, 1.807) is 12.4 Å². The van der Waals surface area contributed by atoms with Crippen LogP contribution in [0, 0.1) is 5.41 Å². The van der Waals surface area contributed by atoms with Crippen LogP contribution < -0.4 is 5.32 Å². The highest BCUT2D eigenvalue weighted by atomic mass is 16.2. The van der Waals surface area contributed by atoms with E-state index in [1.165, 1.54) is 6.42 Å². The molecule has 96 valence electrons. The second kappa shape index (κ2) is 4.69. The van der Waals surface area contributed by atoms with Gasteiger partial charge in [-0.2, -0.15) is 0 Å². The maximum Gasteiger partial charge on any atom is 0.227 e. The van der Waals surface area contributed by atoms with E-state index in [2.05, 4.69) is 10.3 Å². The molecule has 1 spiro atoms. The number of amides is 1. The van der Waals surface area contributed by atoms with Crippen LogP contribution in [0.25, 0.3) is 0 Å². The third-order valence-electron chi connectivity index (χ3n) is 4.20. The molecule has 3 rings (SSSR count). The molecule has 2 saturated heterocycles. The van der Waals surface area contributed by atoms with Gasteiger partial charge in [-0.15, -0.1) is 0 Å². The van der Waals surface area contributed by atoms with E-state index in [1.807, 2.05) is 17.0 Å². The summed E-state index contributed by atoms with van der Waals surface area (Å²) in [6.45, 7) is 4.02. The van der Waals surface area contributed by atoms with E-state index in [4.69, 9.17) is 0 Å². The Morgan fingerprint density at radius 2 is 2.44 bits per heavy atom. The van der Waals surface area contributed by atoms with Crippen molar-refractivity contribution in [2.24, 2.45) is 5.41 Å². The Labute approximate surface area is 107 Å². The molecular formula is C14H19N3O. The van der Waals surface area contributed by atoms with Gasteiger partial charge in [0.05, 0.1) is 6.42 Å². The van der Waals surface area contributed by atoms with E-state index < -0.39 is 0 Å². The molecule has 3 heterocycles. The van der Waals surface area contributed by atoms with Crippen LogP contribution in [0.2, 0.25) is 0 Å². The standard InChI is InChI=1S/C14H19N3O/c18-13(8-12-2-1-5-15-9-12)17-7-4-14(11-17)3-6-16-10-14/h1-2,5,9,16H,3-4,6-8,10-11H2. The second-order valence-electron chi connectivity index (χ2n) is 5.53. The minimum absolute atomic E-state index is 0.242. The van der Waals surface area contributed by atoms with Crippen LogP contribution in [0.1, 0.15) is 18.4 Å². The number of carbonyl (C=O) groups is 1. The summed E-state index contributed by atoms with van der Waals surface area (Å²) in [7, 11) is 0. The van der Waals surface area contributed by atoms with Crippen LogP contribution in [0.15, 0.2) is 24.5 Å². The molecule has 2 aliphatic heterocycles. The molecule has 1 N–H and O–H groups in total. The molecule has 1 aromatic rings. The quantitative estimate of drug-likeness (QED) is 0.839. The molecule has 0 saturated carbocycles. The van der Waals surface area contributed by atoms with Gasteiger partial charge >= 0.3 is 0 Å². The number of nitrogens with zero attached hydrogens (tertiary/aromatic N) is 2. The zero-order valence-electron chi connectivity index (χ0n) is 10.6. The van der Waals surface area contributed by atoms with E-state index in [-0.39, 0.29) is 5.91 Å². The first-order chi connectivity index (χ1) is 8.77. The van der Waals surface area contributed by atoms with Crippen LogP contribution in [-0.4, -0.2) is 42.0 Å². The molecule has 0 aliphatic carbocycles. The molecule has 2 fully saturated rings. The van der Waals surface area contributed by atoms with Crippen molar-refractivity contribution in [1.82, 2.24) is 15.2 Å². The maximum absolute atomic E-state index is 12.2. The molecule has 4 nitrogen and oxygen atoms in total. The predicted octanol–water partition coefficient (Wildman–Crippen LogP) is 0.836. The van der Waals surface area contributed by atoms with Gasteiger partial charge in [0, 0.05) is 37.4 Å². The molecule has 0 aromatic carbocycles. The molecule has 1 aromatic heterocycles. The zero-order valence-corrected chi connectivity index (χ0v) is 10.6. The Morgan fingerprint density at radius 1 is 1.50 bits per heavy atom. The molecule has 2 aliphatic rings. The van der Waals surface area contributed by atoms with Crippen LogP contribution in [-0.2, 0) is 11.2 Å². The molecule has 18 heavy (non-hydrogen) atoms. The van der Waals surface area contributed by atoms with Crippen molar-refractivity contribution >= 4 is 5.91 Å². The minimum atomic E-state index is 0.242. The Balaban J connectivity index is 1.61. The van der Waals surface area contributed by atoms with E-state index in [9.17, 15) is 4.79 Å². The van der Waals surface area contributed by atoms with E-state index in [0.29, 0.717) is 11.8 Å². The molecule has 1 amide bonds. The lowest BCUT2D eigenvalue weighted by Gasteiger charge is -2.22. The summed E-state index contributed by atoms with van der Waals surface area (Å²) < 4.78 is 0. The zero-order chi connectivity index (χ0) is 12.4. The summed E-state index contributed by atoms with van der Waals surface area (Å²) in [5.74, 6) is 0.242. The Morgan fingerprint density at radius 3 is 3.17 bits per heavy atom. The van der Waals surface area contributed by atoms with E-state index >= 15 is 0 Å². The fraction of sp³-hybridized carbons (Fsp3) is 0.571. The van der Waals surface area contributed by atoms with Crippen molar-refractivity contribution < 1.29 is 4.79 Å². The highest BCUT2D eigenvalue weighted by Crippen LogP contribution is 2.36. The topological polar surface area (TPSA) is 45.2 Å². The third kappa shape index (κ3) is 2.25. The summed E-state index contributed by atoms with van der Waals surface area (Å²) in [6.07, 6.45) is 6.36. The minimum Gasteiger partial charge on any atom is -0.342 e. The Kier molecular flexibility index (Phi) is 3.04. The summed E-state index contributed by atoms with van der Waals surface area (Å²) in [4.78, 5) is 18.3. The lowest BCUT2D eigenvalue weighted by Crippen LogP contribution is -2.34. The number of likely N-dealkylation sites (tertiary alicyclic amines) is 1. The van der Waals surface area contributed by atoms with Crippen molar-refractivity contribution in [3.05, 3.63) is 30.1 Å². The Hall–Kier alpha value is -1.42. The number of rotatable bonds is 2. The molecule has 0 bridgehead atoms. The summed E-state index contributed by atoms with van der Waals surface area (Å²) >= 11 is 0. The van der Waals surface area contributed by atoms with Crippen molar-refractivity contribution in [3.63, 3.8) is 0 Å². The van der Waals surface area contributed by atoms with Crippen molar-refractivity contribution in [3.8, 4) is 0 Å². The molecule has 0 radical (unpaired) electrons. The SMILES string of the molecule is O=C(Cc1cccnc1)N1CCC2(CCNC2)C1. The van der Waals surface area contributed by atoms with Gasteiger partial charge in [-0.1, -0.05) is 6.07 Å². The second-order valence-corrected chi connectivity index (χ2v) is 5.53. The van der Waals surface area contributed by atoms with Gasteiger partial charge in [0.2, 0.25) is 5.91 Å². The predicted molar refractivity (Wildman–Crippen MR) is 69.1 cm³/mol. The van der Waals surface area contributed by atoms with Gasteiger partial charge in [0.15, 0.2) is 0 Å². The fourth-order valence-corrected chi connectivity index (χ4v) is 3.08. The first kappa shape index (κ1) is 11.7. The van der Waals surface area contributed by atoms with Gasteiger partial charge < -0.3 is 10.2 Å². The largest absolute Gasteiger partial charge is 0.342 e. The van der Waals surface area contributed by atoms with Crippen LogP contribution >= 0.6 is 0 Å². The molecule has 4 heteroatoms. The third-order valence-corrected chi connectivity index (χ3v) is 4.20. The fourth-order valence-electron chi connectivity index (χ4n) is 3.08. The first-order valence-electron chi connectivity index (χ1n) is 6.65. The summed E-state index contributed by atoms with van der Waals surface area (Å²) in [6, 6.07) is 3.85. The number of carbonyl (C=O) groups excluding carboxylic acids is 1. The van der Waals surface area contributed by atoms with Gasteiger partial charge in [-0.25, -0.2) is 0 Å². The Bertz CT molecular complexity index is 426. The van der Waals surface area contributed by atoms with Crippen molar-refractivity contribution in [1.29, 1.82) is 0 Å². The number of hydrogen-bond donors (Lipinski definition) is 1. The lowest BCUT2D eigenvalue weighted by atomic mass is 9.86. The number of hydrogen-bond acceptors (Lipinski definition) is 3. The normalized spacial score (nSPS) is 27.0. The average Bonchev–Trinajstić information content (AvgIpc) is 3.02. The van der Waals surface area contributed by atoms with Gasteiger partial charge in [0.25, 0.3) is 0 Å². The number of pyridine rings is 1. The van der Waals surface area contributed by atoms with Crippen LogP contribution in [0.5, 0.6) is 0 Å². The van der Waals surface area contributed by atoms with Gasteiger partial charge in [-0.3, -0.25) is 9.78 Å².